The van der Waals surface area contributed by atoms with E-state index in [1.165, 1.54) is 25.9 Å². The minimum absolute atomic E-state index is 0.246. The van der Waals surface area contributed by atoms with Crippen molar-refractivity contribution in [2.45, 2.75) is 25.7 Å². The first-order valence-corrected chi connectivity index (χ1v) is 13.3. The smallest absolute Gasteiger partial charge is 0.159 e. The molecule has 0 aliphatic carbocycles. The Morgan fingerprint density at radius 3 is 2.72 bits per heavy atom. The third kappa shape index (κ3) is 4.66. The van der Waals surface area contributed by atoms with Crippen molar-refractivity contribution in [1.29, 1.82) is 0 Å². The van der Waals surface area contributed by atoms with Crippen molar-refractivity contribution in [3.05, 3.63) is 78.6 Å². The number of aryl methyl sites for hydroxylation is 1. The van der Waals surface area contributed by atoms with Crippen LogP contribution in [0.2, 0.25) is 0 Å². The number of fused-ring (bicyclic) bond motifs is 2. The summed E-state index contributed by atoms with van der Waals surface area (Å²) in [6, 6.07) is 13.0. The Hall–Kier alpha value is -4.50. The Bertz CT molecular complexity index is 1770. The number of aromatic nitrogens is 7. The van der Waals surface area contributed by atoms with E-state index in [0.717, 1.165) is 69.4 Å². The Labute approximate surface area is 224 Å². The van der Waals surface area contributed by atoms with E-state index in [0.29, 0.717) is 11.5 Å². The van der Waals surface area contributed by atoms with Gasteiger partial charge in [0, 0.05) is 23.3 Å². The molecule has 1 fully saturated rings. The van der Waals surface area contributed by atoms with Crippen LogP contribution in [0.15, 0.2) is 67.3 Å². The van der Waals surface area contributed by atoms with E-state index >= 15 is 0 Å². The molecule has 5 aromatic heterocycles. The van der Waals surface area contributed by atoms with Gasteiger partial charge < -0.3 is 9.88 Å². The van der Waals surface area contributed by atoms with Gasteiger partial charge in [0.25, 0.3) is 0 Å². The molecule has 0 atom stereocenters. The normalized spacial score (nSPS) is 14.1. The second kappa shape index (κ2) is 9.99. The maximum atomic E-state index is 14.7. The predicted octanol–water partition coefficient (Wildman–Crippen LogP) is 5.79. The number of benzene rings is 1. The molecule has 0 amide bonds. The predicted molar refractivity (Wildman–Crippen MR) is 149 cm³/mol. The van der Waals surface area contributed by atoms with Crippen molar-refractivity contribution >= 4 is 21.9 Å². The van der Waals surface area contributed by atoms with E-state index in [9.17, 15) is 4.39 Å². The average molecular weight is 519 g/mol. The lowest BCUT2D eigenvalue weighted by atomic mass is 10.0. The number of aromatic amines is 2. The molecule has 0 saturated carbocycles. The standard InChI is InChI=1S/C30H27FN8/c31-21-13-19(6-5-11-39-9-3-4-10-39)12-20(14-21)23-16-32-17-27-28(23)36-30(35-27)29-22-15-25(24-7-1-2-8-33-24)34-18-26(22)37-38-29/h1-2,7-8,12-18H,3-6,9-11H2,(H,35,36)(H,37,38). The highest BCUT2D eigenvalue weighted by atomic mass is 19.1. The van der Waals surface area contributed by atoms with Gasteiger partial charge in [0.1, 0.15) is 11.5 Å². The van der Waals surface area contributed by atoms with Gasteiger partial charge >= 0.3 is 0 Å². The number of halogens is 1. The summed E-state index contributed by atoms with van der Waals surface area (Å²) in [5, 5.41) is 8.46. The van der Waals surface area contributed by atoms with Gasteiger partial charge in [-0.15, -0.1) is 0 Å². The number of pyridine rings is 3. The van der Waals surface area contributed by atoms with Crippen LogP contribution >= 0.6 is 0 Å². The van der Waals surface area contributed by atoms with Gasteiger partial charge in [-0.25, -0.2) is 9.37 Å². The number of imidazole rings is 1. The van der Waals surface area contributed by atoms with Crippen molar-refractivity contribution < 1.29 is 4.39 Å². The number of nitrogens with zero attached hydrogens (tertiary/aromatic N) is 6. The van der Waals surface area contributed by atoms with Crippen LogP contribution in [0.4, 0.5) is 4.39 Å². The summed E-state index contributed by atoms with van der Waals surface area (Å²) in [6.07, 6.45) is 11.4. The first-order valence-electron chi connectivity index (χ1n) is 13.3. The molecule has 6 aromatic rings. The van der Waals surface area contributed by atoms with Gasteiger partial charge in [-0.1, -0.05) is 12.1 Å². The van der Waals surface area contributed by atoms with Gasteiger partial charge in [0.2, 0.25) is 0 Å². The molecule has 39 heavy (non-hydrogen) atoms. The van der Waals surface area contributed by atoms with E-state index in [1.807, 2.05) is 24.3 Å². The van der Waals surface area contributed by atoms with Gasteiger partial charge in [-0.05, 0) is 86.8 Å². The van der Waals surface area contributed by atoms with Crippen molar-refractivity contribution in [1.82, 2.24) is 40.0 Å². The molecule has 0 unspecified atom stereocenters. The lowest BCUT2D eigenvalue weighted by Gasteiger charge is -2.14. The van der Waals surface area contributed by atoms with Crippen LogP contribution in [0.3, 0.4) is 0 Å². The van der Waals surface area contributed by atoms with E-state index in [1.54, 1.807) is 36.9 Å². The van der Waals surface area contributed by atoms with Gasteiger partial charge in [0.05, 0.1) is 40.3 Å². The molecule has 8 nitrogen and oxygen atoms in total. The molecule has 2 N–H and O–H groups in total. The van der Waals surface area contributed by atoms with E-state index in [2.05, 4.69) is 41.1 Å². The lowest BCUT2D eigenvalue weighted by Crippen LogP contribution is -2.20. The topological polar surface area (TPSA) is 99.3 Å². The SMILES string of the molecule is Fc1cc(CCCN2CCCC2)cc(-c2cncc3[nH]c(-c4n[nH]c5cnc(-c6ccccn6)cc45)nc23)c1. The van der Waals surface area contributed by atoms with Crippen LogP contribution in [0, 0.1) is 5.82 Å². The van der Waals surface area contributed by atoms with Crippen molar-refractivity contribution in [2.24, 2.45) is 0 Å². The first kappa shape index (κ1) is 23.6. The number of rotatable bonds is 7. The summed E-state index contributed by atoms with van der Waals surface area (Å²) >= 11 is 0. The van der Waals surface area contributed by atoms with Gasteiger partial charge in [0.15, 0.2) is 5.82 Å². The monoisotopic (exact) mass is 518 g/mol. The van der Waals surface area contributed by atoms with Gasteiger partial charge in [-0.3, -0.25) is 20.1 Å². The van der Waals surface area contributed by atoms with Crippen LogP contribution in [0.25, 0.3) is 56.0 Å². The Morgan fingerprint density at radius 1 is 0.923 bits per heavy atom. The highest BCUT2D eigenvalue weighted by molar-refractivity contribution is 5.97. The summed E-state index contributed by atoms with van der Waals surface area (Å²) in [4.78, 5) is 24.1. The fraction of sp³-hybridized carbons (Fsp3) is 0.233. The molecule has 1 aromatic carbocycles. The van der Waals surface area contributed by atoms with Crippen molar-refractivity contribution in [3.63, 3.8) is 0 Å². The fourth-order valence-corrected chi connectivity index (χ4v) is 5.47. The van der Waals surface area contributed by atoms with Crippen molar-refractivity contribution in [3.8, 4) is 34.0 Å². The molecular weight excluding hydrogens is 491 g/mol. The molecule has 0 spiro atoms. The molecule has 194 valence electrons. The van der Waals surface area contributed by atoms with Crippen LogP contribution in [-0.2, 0) is 6.42 Å². The van der Waals surface area contributed by atoms with E-state index < -0.39 is 0 Å². The first-order chi connectivity index (χ1) is 19.2. The van der Waals surface area contributed by atoms with Crippen LogP contribution in [0.1, 0.15) is 24.8 Å². The molecule has 7 rings (SSSR count). The summed E-state index contributed by atoms with van der Waals surface area (Å²) in [5.41, 5.74) is 7.04. The quantitative estimate of drug-likeness (QED) is 0.277. The highest BCUT2D eigenvalue weighted by Gasteiger charge is 2.18. The minimum atomic E-state index is -0.246. The highest BCUT2D eigenvalue weighted by Crippen LogP contribution is 2.32. The fourth-order valence-electron chi connectivity index (χ4n) is 5.47. The summed E-state index contributed by atoms with van der Waals surface area (Å²) in [7, 11) is 0. The summed E-state index contributed by atoms with van der Waals surface area (Å²) < 4.78 is 14.7. The van der Waals surface area contributed by atoms with Crippen LogP contribution in [0.5, 0.6) is 0 Å². The van der Waals surface area contributed by atoms with Crippen molar-refractivity contribution in [2.75, 3.05) is 19.6 Å². The number of nitrogens with one attached hydrogen (secondary N) is 2. The summed E-state index contributed by atoms with van der Waals surface area (Å²) in [6.45, 7) is 3.41. The minimum Gasteiger partial charge on any atom is -0.335 e. The lowest BCUT2D eigenvalue weighted by molar-refractivity contribution is 0.334. The molecule has 0 radical (unpaired) electrons. The molecule has 1 aliphatic rings. The second-order valence-corrected chi connectivity index (χ2v) is 10.1. The average Bonchev–Trinajstić information content (AvgIpc) is 3.72. The molecule has 1 saturated heterocycles. The van der Waals surface area contributed by atoms with Crippen LogP contribution < -0.4 is 0 Å². The zero-order valence-corrected chi connectivity index (χ0v) is 21.4. The number of hydrogen-bond donors (Lipinski definition) is 2. The molecule has 6 heterocycles. The van der Waals surface area contributed by atoms with E-state index in [4.69, 9.17) is 4.98 Å². The summed E-state index contributed by atoms with van der Waals surface area (Å²) in [5.74, 6) is 0.357. The third-order valence-corrected chi connectivity index (χ3v) is 7.40. The maximum Gasteiger partial charge on any atom is 0.159 e. The Balaban J connectivity index is 1.23. The Kier molecular flexibility index (Phi) is 6.05. The molecular formula is C30H27FN8. The number of likely N-dealkylation sites (tertiary alicyclic amines) is 1. The van der Waals surface area contributed by atoms with Gasteiger partial charge in [-0.2, -0.15) is 5.10 Å². The number of H-pyrrole nitrogens is 2. The second-order valence-electron chi connectivity index (χ2n) is 10.1. The molecule has 1 aliphatic heterocycles. The zero-order valence-electron chi connectivity index (χ0n) is 21.4. The zero-order chi connectivity index (χ0) is 26.2. The maximum absolute atomic E-state index is 14.7. The number of hydrogen-bond acceptors (Lipinski definition) is 6. The third-order valence-electron chi connectivity index (χ3n) is 7.40. The largest absolute Gasteiger partial charge is 0.335 e. The molecule has 0 bridgehead atoms. The van der Waals surface area contributed by atoms with Crippen LogP contribution in [-0.4, -0.2) is 59.7 Å². The molecule has 9 heteroatoms. The Morgan fingerprint density at radius 2 is 1.85 bits per heavy atom. The van der Waals surface area contributed by atoms with E-state index in [-0.39, 0.29) is 5.82 Å².